The maximum Gasteiger partial charge on any atom is 0.305 e. The second-order valence-electron chi connectivity index (χ2n) is 9.90. The molecule has 2 aliphatic heterocycles. The van der Waals surface area contributed by atoms with Crippen LogP contribution in [0.1, 0.15) is 30.7 Å². The van der Waals surface area contributed by atoms with Gasteiger partial charge in [-0.25, -0.2) is 0 Å². The van der Waals surface area contributed by atoms with Crippen molar-refractivity contribution in [1.82, 2.24) is 9.80 Å². The minimum Gasteiger partial charge on any atom is -0.504 e. The van der Waals surface area contributed by atoms with Crippen molar-refractivity contribution < 1.29 is 38.9 Å². The third-order valence-corrected chi connectivity index (χ3v) is 9.61. The third kappa shape index (κ3) is 3.28. The van der Waals surface area contributed by atoms with Crippen LogP contribution in [0, 0.1) is 17.8 Å². The van der Waals surface area contributed by atoms with Crippen molar-refractivity contribution in [3.63, 3.8) is 0 Å². The number of imide groups is 2. The number of aromatic hydroxyl groups is 1. The van der Waals surface area contributed by atoms with Crippen LogP contribution in [0.25, 0.3) is 0 Å². The molecule has 0 unspecified atom stereocenters. The Hall–Kier alpha value is -3.11. The Balaban J connectivity index is 1.67. The summed E-state index contributed by atoms with van der Waals surface area (Å²) in [6.07, 6.45) is 1.41. The number of carboxylic acids is 1. The number of benzene rings is 1. The minimum atomic E-state index is -1.94. The summed E-state index contributed by atoms with van der Waals surface area (Å²) in [6, 6.07) is 4.44. The van der Waals surface area contributed by atoms with Crippen LogP contribution in [0.2, 0.25) is 0 Å². The number of allylic oxidation sites excluding steroid dienone is 2. The van der Waals surface area contributed by atoms with Crippen LogP contribution in [0.5, 0.6) is 11.5 Å². The second-order valence-corrected chi connectivity index (χ2v) is 11.1. The van der Waals surface area contributed by atoms with Crippen molar-refractivity contribution in [2.24, 2.45) is 17.8 Å². The zero-order valence-corrected chi connectivity index (χ0v) is 21.5. The van der Waals surface area contributed by atoms with Gasteiger partial charge in [0.1, 0.15) is 0 Å². The molecule has 0 aromatic heterocycles. The first-order valence-electron chi connectivity index (χ1n) is 11.7. The van der Waals surface area contributed by atoms with Crippen LogP contribution >= 0.6 is 23.2 Å². The first kappa shape index (κ1) is 25.5. The fourth-order valence-electron chi connectivity index (χ4n) is 6.48. The van der Waals surface area contributed by atoms with E-state index >= 15 is 0 Å². The van der Waals surface area contributed by atoms with E-state index in [9.17, 15) is 29.1 Å². The van der Waals surface area contributed by atoms with E-state index in [0.29, 0.717) is 11.1 Å². The van der Waals surface area contributed by atoms with Gasteiger partial charge in [0.2, 0.25) is 11.8 Å². The second kappa shape index (κ2) is 8.46. The fraction of sp³-hybridized carbons (Fsp3) is 0.480. The number of rotatable bonds is 5. The molecule has 2 aliphatic carbocycles. The predicted molar refractivity (Wildman–Crippen MR) is 129 cm³/mol. The average Bonchev–Trinajstić information content (AvgIpc) is 3.18. The van der Waals surface area contributed by atoms with Gasteiger partial charge in [0.05, 0.1) is 25.4 Å². The standard InChI is InChI=1S/C25H24Cl2N2O8/c1-28-22(35)24(26)10-14-12(4-5-13-18(14)21(34)29(20(13)33)8-7-17(31)32)19(25(24,27)23(28)36)11-3-6-15(30)16(9-11)37-2/h3-4,6,9,13-14,18-19,30H,5,7-8,10H2,1-2H3,(H,31,32)/t13-,14+,18-,19-,24+,25-/m0/s1. The van der Waals surface area contributed by atoms with Gasteiger partial charge in [0, 0.05) is 19.5 Å². The first-order valence-corrected chi connectivity index (χ1v) is 12.5. The molecule has 4 aliphatic rings. The predicted octanol–water partition coefficient (Wildman–Crippen LogP) is 1.86. The number of amides is 4. The summed E-state index contributed by atoms with van der Waals surface area (Å²) in [5, 5.41) is 19.2. The Labute approximate surface area is 221 Å². The normalized spacial score (nSPS) is 34.8. The number of hydrogen-bond acceptors (Lipinski definition) is 7. The molecular formula is C25H24Cl2N2O8. The Morgan fingerprint density at radius 1 is 1.14 bits per heavy atom. The lowest BCUT2D eigenvalue weighted by Gasteiger charge is -2.50. The van der Waals surface area contributed by atoms with E-state index in [-0.39, 0.29) is 37.3 Å². The highest BCUT2D eigenvalue weighted by Crippen LogP contribution is 2.65. The maximum atomic E-state index is 13.5. The molecule has 6 atom stereocenters. The zero-order valence-electron chi connectivity index (χ0n) is 19.9. The topological polar surface area (TPSA) is 142 Å². The number of fused-ring (bicyclic) bond motifs is 4. The quantitative estimate of drug-likeness (QED) is 0.321. The number of likely N-dealkylation sites (tertiary alicyclic amines) is 2. The van der Waals surface area contributed by atoms with Gasteiger partial charge >= 0.3 is 5.97 Å². The number of halogens is 2. The van der Waals surface area contributed by atoms with E-state index in [2.05, 4.69) is 0 Å². The number of ether oxygens (including phenoxy) is 1. The number of alkyl halides is 2. The Morgan fingerprint density at radius 3 is 2.49 bits per heavy atom. The smallest absolute Gasteiger partial charge is 0.305 e. The summed E-state index contributed by atoms with van der Waals surface area (Å²) in [7, 11) is 2.66. The molecule has 5 rings (SSSR count). The molecule has 196 valence electrons. The van der Waals surface area contributed by atoms with Crippen LogP contribution < -0.4 is 4.74 Å². The molecule has 2 heterocycles. The van der Waals surface area contributed by atoms with Crippen molar-refractivity contribution in [3.8, 4) is 11.5 Å². The molecule has 0 spiro atoms. The number of nitrogens with zero attached hydrogens (tertiary/aromatic N) is 2. The number of hydrogen-bond donors (Lipinski definition) is 2. The minimum absolute atomic E-state index is 0.117. The monoisotopic (exact) mass is 550 g/mol. The summed E-state index contributed by atoms with van der Waals surface area (Å²) in [5.41, 5.74) is 1.04. The Kier molecular flexibility index (Phi) is 5.84. The van der Waals surface area contributed by atoms with Gasteiger partial charge in [-0.05, 0) is 36.5 Å². The van der Waals surface area contributed by atoms with Crippen LogP contribution in [0.3, 0.4) is 0 Å². The number of aliphatic carboxylic acids is 1. The zero-order chi connectivity index (χ0) is 27.0. The molecule has 1 aromatic rings. The van der Waals surface area contributed by atoms with Crippen LogP contribution in [0.4, 0.5) is 0 Å². The molecule has 0 radical (unpaired) electrons. The highest BCUT2D eigenvalue weighted by atomic mass is 35.5. The molecule has 1 saturated carbocycles. The first-order chi connectivity index (χ1) is 17.4. The fourth-order valence-corrected chi connectivity index (χ4v) is 7.50. The average molecular weight is 551 g/mol. The maximum absolute atomic E-state index is 13.5. The van der Waals surface area contributed by atoms with E-state index in [1.807, 2.05) is 0 Å². The van der Waals surface area contributed by atoms with Gasteiger partial charge in [-0.15, -0.1) is 23.2 Å². The number of phenolic OH excluding ortho intramolecular Hbond substituents is 1. The highest BCUT2D eigenvalue weighted by Gasteiger charge is 2.75. The van der Waals surface area contributed by atoms with Crippen LogP contribution in [-0.2, 0) is 24.0 Å². The molecule has 2 N–H and O–H groups in total. The molecule has 10 nitrogen and oxygen atoms in total. The van der Waals surface area contributed by atoms with Crippen LogP contribution in [0.15, 0.2) is 29.8 Å². The van der Waals surface area contributed by atoms with E-state index in [4.69, 9.17) is 33.0 Å². The lowest BCUT2D eigenvalue weighted by Crippen LogP contribution is -2.60. The Morgan fingerprint density at radius 2 is 1.84 bits per heavy atom. The molecular weight excluding hydrogens is 527 g/mol. The number of carboxylic acid groups (broad SMARTS) is 1. The van der Waals surface area contributed by atoms with E-state index in [1.54, 1.807) is 12.1 Å². The van der Waals surface area contributed by atoms with Crippen molar-refractivity contribution >= 4 is 52.8 Å². The Bertz CT molecular complexity index is 1300. The lowest BCUT2D eigenvalue weighted by molar-refractivity contribution is -0.143. The summed E-state index contributed by atoms with van der Waals surface area (Å²) in [4.78, 5) is 62.5. The molecule has 3 fully saturated rings. The number of carbonyl (C=O) groups is 5. The van der Waals surface area contributed by atoms with Gasteiger partial charge < -0.3 is 14.9 Å². The summed E-state index contributed by atoms with van der Waals surface area (Å²) in [6.45, 7) is -0.258. The SMILES string of the molecule is COc1cc([C@H]2C3=CC[C@@H]4C(=O)N(CCC(=O)O)C(=O)[C@@H]4[C@@H]3C[C@@]3(Cl)C(=O)N(C)C(=O)[C@@]23Cl)ccc1O. The number of carbonyl (C=O) groups excluding carboxylic acids is 4. The van der Waals surface area contributed by atoms with Crippen LogP contribution in [-0.4, -0.2) is 80.1 Å². The van der Waals surface area contributed by atoms with E-state index < -0.39 is 63.0 Å². The van der Waals surface area contributed by atoms with E-state index in [0.717, 1.165) is 9.80 Å². The molecule has 37 heavy (non-hydrogen) atoms. The van der Waals surface area contributed by atoms with Crippen molar-refractivity contribution in [2.45, 2.75) is 34.9 Å². The third-order valence-electron chi connectivity index (χ3n) is 8.19. The molecule has 2 saturated heterocycles. The van der Waals surface area contributed by atoms with Crippen molar-refractivity contribution in [2.75, 3.05) is 20.7 Å². The van der Waals surface area contributed by atoms with Gasteiger partial charge in [-0.3, -0.25) is 33.8 Å². The highest BCUT2D eigenvalue weighted by molar-refractivity contribution is 6.53. The van der Waals surface area contributed by atoms with Crippen molar-refractivity contribution in [3.05, 3.63) is 35.4 Å². The van der Waals surface area contributed by atoms with Gasteiger partial charge in [-0.1, -0.05) is 17.7 Å². The summed E-state index contributed by atoms with van der Waals surface area (Å²) in [5.74, 6) is -6.85. The summed E-state index contributed by atoms with van der Waals surface area (Å²) >= 11 is 14.1. The number of methoxy groups -OCH3 is 1. The number of phenols is 1. The lowest BCUT2D eigenvalue weighted by atomic mass is 9.56. The van der Waals surface area contributed by atoms with Crippen molar-refractivity contribution in [1.29, 1.82) is 0 Å². The van der Waals surface area contributed by atoms with Gasteiger partial charge in [0.15, 0.2) is 21.2 Å². The molecule has 1 aromatic carbocycles. The molecule has 4 amide bonds. The summed E-state index contributed by atoms with van der Waals surface area (Å²) < 4.78 is 5.25. The molecule has 0 bridgehead atoms. The largest absolute Gasteiger partial charge is 0.504 e. The van der Waals surface area contributed by atoms with Gasteiger partial charge in [0.25, 0.3) is 11.8 Å². The molecule has 12 heteroatoms. The van der Waals surface area contributed by atoms with Gasteiger partial charge in [-0.2, -0.15) is 0 Å². The van der Waals surface area contributed by atoms with E-state index in [1.165, 1.54) is 26.3 Å².